The van der Waals surface area contributed by atoms with Crippen LogP contribution in [0.2, 0.25) is 0 Å². The Morgan fingerprint density at radius 1 is 1.00 bits per heavy atom. The van der Waals surface area contributed by atoms with Gasteiger partial charge in [-0.25, -0.2) is 4.79 Å². The Morgan fingerprint density at radius 2 is 1.75 bits per heavy atom. The summed E-state index contributed by atoms with van der Waals surface area (Å²) in [7, 11) is 1.38. The predicted octanol–water partition coefficient (Wildman–Crippen LogP) is 4.58. The van der Waals surface area contributed by atoms with Gasteiger partial charge in [0.15, 0.2) is 6.10 Å². The van der Waals surface area contributed by atoms with E-state index >= 15 is 0 Å². The van der Waals surface area contributed by atoms with Crippen molar-refractivity contribution in [2.45, 2.75) is 12.5 Å². The van der Waals surface area contributed by atoms with Gasteiger partial charge in [0.2, 0.25) is 0 Å². The Bertz CT molecular complexity index is 764. The summed E-state index contributed by atoms with van der Waals surface area (Å²) in [6.45, 7) is 0. The lowest BCUT2D eigenvalue weighted by molar-refractivity contribution is -0.148. The predicted molar refractivity (Wildman–Crippen MR) is 96.3 cm³/mol. The second-order valence-electron chi connectivity index (χ2n) is 5.32. The van der Waals surface area contributed by atoms with Gasteiger partial charge in [0.05, 0.1) is 7.11 Å². The topological polar surface area (TPSA) is 35.5 Å². The number of methoxy groups -OCH3 is 1. The average molecular weight is 338 g/mol. The Hall–Kier alpha value is -2.59. The van der Waals surface area contributed by atoms with E-state index in [2.05, 4.69) is 6.07 Å². The summed E-state index contributed by atoms with van der Waals surface area (Å²) in [6, 6.07) is 21.6. The van der Waals surface area contributed by atoms with E-state index in [0.29, 0.717) is 12.2 Å². The maximum Gasteiger partial charge on any atom is 0.347 e. The first-order chi connectivity index (χ1) is 11.8. The maximum atomic E-state index is 12.0. The van der Waals surface area contributed by atoms with Gasteiger partial charge in [-0.05, 0) is 46.8 Å². The fourth-order valence-corrected chi connectivity index (χ4v) is 3.17. The summed E-state index contributed by atoms with van der Waals surface area (Å²) in [4.78, 5) is 13.2. The Morgan fingerprint density at radius 3 is 2.38 bits per heavy atom. The van der Waals surface area contributed by atoms with Gasteiger partial charge in [-0.2, -0.15) is 0 Å². The largest absolute Gasteiger partial charge is 0.478 e. The van der Waals surface area contributed by atoms with Crippen LogP contribution in [-0.4, -0.2) is 19.2 Å². The lowest BCUT2D eigenvalue weighted by Crippen LogP contribution is -2.30. The van der Waals surface area contributed by atoms with E-state index in [0.717, 1.165) is 11.1 Å². The van der Waals surface area contributed by atoms with Gasteiger partial charge in [-0.3, -0.25) is 0 Å². The summed E-state index contributed by atoms with van der Waals surface area (Å²) >= 11 is 1.69. The molecule has 0 amide bonds. The van der Waals surface area contributed by atoms with Crippen LogP contribution in [0.15, 0.2) is 72.1 Å². The third kappa shape index (κ3) is 4.03. The zero-order valence-corrected chi connectivity index (χ0v) is 14.2. The van der Waals surface area contributed by atoms with E-state index in [1.54, 1.807) is 11.3 Å². The molecule has 0 N–H and O–H groups in total. The first-order valence-electron chi connectivity index (χ1n) is 7.68. The van der Waals surface area contributed by atoms with Gasteiger partial charge in [0, 0.05) is 11.3 Å². The standard InChI is InChI=1S/C20H18O3S/c1-22-20(21)18(14-15-6-3-2-4-7-15)23-17-11-9-16(10-12-17)19-8-5-13-24-19/h2-13,18H,14H2,1H3/t18-/m0/s1. The van der Waals surface area contributed by atoms with Crippen LogP contribution in [0.25, 0.3) is 10.4 Å². The van der Waals surface area contributed by atoms with Crippen molar-refractivity contribution in [1.29, 1.82) is 0 Å². The number of carbonyl (C=O) groups excluding carboxylic acids is 1. The number of carbonyl (C=O) groups is 1. The van der Waals surface area contributed by atoms with Crippen LogP contribution >= 0.6 is 11.3 Å². The third-order valence-electron chi connectivity index (χ3n) is 3.67. The molecule has 4 heteroatoms. The Kier molecular flexibility index (Phi) is 5.29. The van der Waals surface area contributed by atoms with Gasteiger partial charge < -0.3 is 9.47 Å². The van der Waals surface area contributed by atoms with Gasteiger partial charge >= 0.3 is 5.97 Å². The number of hydrogen-bond acceptors (Lipinski definition) is 4. The number of esters is 1. The van der Waals surface area contributed by atoms with E-state index in [1.165, 1.54) is 12.0 Å². The zero-order chi connectivity index (χ0) is 16.8. The molecule has 0 saturated heterocycles. The first-order valence-corrected chi connectivity index (χ1v) is 8.56. The molecule has 0 radical (unpaired) electrons. The van der Waals surface area contributed by atoms with Gasteiger partial charge in [0.1, 0.15) is 5.75 Å². The minimum absolute atomic E-state index is 0.374. The molecule has 1 heterocycles. The summed E-state index contributed by atoms with van der Waals surface area (Å²) in [6.07, 6.45) is -0.190. The third-order valence-corrected chi connectivity index (χ3v) is 4.59. The van der Waals surface area contributed by atoms with Gasteiger partial charge in [0.25, 0.3) is 0 Å². The molecule has 24 heavy (non-hydrogen) atoms. The monoisotopic (exact) mass is 338 g/mol. The molecule has 0 fully saturated rings. The molecule has 0 aliphatic heterocycles. The van der Waals surface area contributed by atoms with Crippen LogP contribution in [0.4, 0.5) is 0 Å². The summed E-state index contributed by atoms with van der Waals surface area (Å²) < 4.78 is 10.7. The number of thiophene rings is 1. The van der Waals surface area contributed by atoms with Crippen LogP contribution < -0.4 is 4.74 Å². The van der Waals surface area contributed by atoms with E-state index < -0.39 is 6.10 Å². The van der Waals surface area contributed by atoms with Crippen molar-refractivity contribution in [3.05, 3.63) is 77.7 Å². The first kappa shape index (κ1) is 16.3. The average Bonchev–Trinajstić information content (AvgIpc) is 3.16. The van der Waals surface area contributed by atoms with Crippen LogP contribution in [0.1, 0.15) is 5.56 Å². The molecule has 0 aliphatic carbocycles. The van der Waals surface area contributed by atoms with Crippen molar-refractivity contribution in [3.8, 4) is 16.2 Å². The highest BCUT2D eigenvalue weighted by Gasteiger charge is 2.21. The molecule has 0 aliphatic rings. The molecule has 122 valence electrons. The molecule has 2 aromatic carbocycles. The molecular weight excluding hydrogens is 320 g/mol. The van der Waals surface area contributed by atoms with Crippen LogP contribution in [0.5, 0.6) is 5.75 Å². The fourth-order valence-electron chi connectivity index (χ4n) is 2.44. The Labute approximate surface area is 145 Å². The van der Waals surface area contributed by atoms with Crippen molar-refractivity contribution < 1.29 is 14.3 Å². The van der Waals surface area contributed by atoms with Gasteiger partial charge in [-0.15, -0.1) is 11.3 Å². The summed E-state index contributed by atoms with van der Waals surface area (Å²) in [5.41, 5.74) is 2.16. The summed E-state index contributed by atoms with van der Waals surface area (Å²) in [5, 5.41) is 2.05. The second-order valence-corrected chi connectivity index (χ2v) is 6.27. The number of rotatable bonds is 6. The van der Waals surface area contributed by atoms with Crippen LogP contribution in [0.3, 0.4) is 0 Å². The highest BCUT2D eigenvalue weighted by atomic mass is 32.1. The number of hydrogen-bond donors (Lipinski definition) is 0. The highest BCUT2D eigenvalue weighted by molar-refractivity contribution is 7.13. The quantitative estimate of drug-likeness (QED) is 0.617. The number of benzene rings is 2. The minimum atomic E-state index is -0.662. The smallest absolute Gasteiger partial charge is 0.347 e. The van der Waals surface area contributed by atoms with Crippen molar-refractivity contribution in [2.75, 3.05) is 7.11 Å². The normalized spacial score (nSPS) is 11.7. The molecular formula is C20H18O3S. The minimum Gasteiger partial charge on any atom is -0.478 e. The molecule has 3 aromatic rings. The Balaban J connectivity index is 1.73. The SMILES string of the molecule is COC(=O)[C@H](Cc1ccccc1)Oc1ccc(-c2cccs2)cc1. The summed E-state index contributed by atoms with van der Waals surface area (Å²) in [5.74, 6) is 0.280. The van der Waals surface area contributed by atoms with Crippen molar-refractivity contribution >= 4 is 17.3 Å². The molecule has 3 rings (SSSR count). The fraction of sp³-hybridized carbons (Fsp3) is 0.150. The molecule has 1 atom stereocenters. The van der Waals surface area contributed by atoms with E-state index in [1.807, 2.05) is 66.0 Å². The lowest BCUT2D eigenvalue weighted by Gasteiger charge is -2.17. The maximum absolute atomic E-state index is 12.0. The van der Waals surface area contributed by atoms with Crippen molar-refractivity contribution in [3.63, 3.8) is 0 Å². The molecule has 3 nitrogen and oxygen atoms in total. The van der Waals surface area contributed by atoms with Crippen molar-refractivity contribution in [2.24, 2.45) is 0 Å². The van der Waals surface area contributed by atoms with Gasteiger partial charge in [-0.1, -0.05) is 36.4 Å². The van der Waals surface area contributed by atoms with E-state index in [-0.39, 0.29) is 5.97 Å². The molecule has 0 saturated carbocycles. The van der Waals surface area contributed by atoms with Crippen LogP contribution in [-0.2, 0) is 16.0 Å². The number of ether oxygens (including phenoxy) is 2. The second kappa shape index (κ2) is 7.79. The van der Waals surface area contributed by atoms with E-state index in [4.69, 9.17) is 9.47 Å². The molecule has 1 aromatic heterocycles. The molecule has 0 unspecified atom stereocenters. The van der Waals surface area contributed by atoms with Crippen molar-refractivity contribution in [1.82, 2.24) is 0 Å². The highest BCUT2D eigenvalue weighted by Crippen LogP contribution is 2.27. The van der Waals surface area contributed by atoms with E-state index in [9.17, 15) is 4.79 Å². The molecule has 0 bridgehead atoms. The lowest BCUT2D eigenvalue weighted by atomic mass is 10.1. The molecule has 0 spiro atoms. The zero-order valence-electron chi connectivity index (χ0n) is 13.3. The van der Waals surface area contributed by atoms with Crippen LogP contribution in [0, 0.1) is 0 Å².